The van der Waals surface area contributed by atoms with Crippen LogP contribution in [0.1, 0.15) is 19.4 Å². The fourth-order valence-corrected chi connectivity index (χ4v) is 1.80. The third-order valence-corrected chi connectivity index (χ3v) is 2.56. The average Bonchev–Trinajstić information content (AvgIpc) is 2.50. The lowest BCUT2D eigenvalue weighted by Gasteiger charge is -2.17. The topological polar surface area (TPSA) is 21.3 Å². The summed E-state index contributed by atoms with van der Waals surface area (Å²) in [6.45, 7) is 4.83. The van der Waals surface area contributed by atoms with Crippen LogP contribution in [-0.4, -0.2) is 18.4 Å². The van der Waals surface area contributed by atoms with Gasteiger partial charge in [-0.1, -0.05) is 18.2 Å². The van der Waals surface area contributed by atoms with Gasteiger partial charge in [-0.15, -0.1) is 12.4 Å². The van der Waals surface area contributed by atoms with Crippen molar-refractivity contribution in [2.75, 3.05) is 6.61 Å². The van der Waals surface area contributed by atoms with Gasteiger partial charge in [0.1, 0.15) is 12.0 Å². The van der Waals surface area contributed by atoms with Gasteiger partial charge >= 0.3 is 0 Å². The fourth-order valence-electron chi connectivity index (χ4n) is 1.80. The lowest BCUT2D eigenvalue weighted by Crippen LogP contribution is -2.39. The quantitative estimate of drug-likeness (QED) is 0.865. The summed E-state index contributed by atoms with van der Waals surface area (Å²) in [5.41, 5.74) is 0.698. The number of hydrogen-bond donors (Lipinski definition) is 1. The lowest BCUT2D eigenvalue weighted by atomic mass is 10.1. The Morgan fingerprint density at radius 3 is 2.69 bits per heavy atom. The van der Waals surface area contributed by atoms with Crippen LogP contribution in [0.25, 0.3) is 0 Å². The lowest BCUT2D eigenvalue weighted by molar-refractivity contribution is 0.0980. The molecule has 1 N–H and O–H groups in total. The third kappa shape index (κ3) is 3.17. The Hall–Kier alpha value is -0.640. The first kappa shape index (κ1) is 13.4. The molecule has 0 saturated carbocycles. The van der Waals surface area contributed by atoms with Crippen molar-refractivity contribution >= 4 is 12.4 Å². The fraction of sp³-hybridized carbons (Fsp3) is 0.500. The van der Waals surface area contributed by atoms with Crippen LogP contribution < -0.4 is 5.32 Å². The van der Waals surface area contributed by atoms with Gasteiger partial charge in [-0.3, -0.25) is 5.32 Å². The summed E-state index contributed by atoms with van der Waals surface area (Å²) in [4.78, 5) is 0. The molecule has 0 aliphatic carbocycles. The predicted molar refractivity (Wildman–Crippen MR) is 64.3 cm³/mol. The highest BCUT2D eigenvalue weighted by Gasteiger charge is 2.30. The zero-order chi connectivity index (χ0) is 10.9. The van der Waals surface area contributed by atoms with Gasteiger partial charge in [-0.2, -0.15) is 0 Å². The molecule has 0 amide bonds. The van der Waals surface area contributed by atoms with Crippen LogP contribution in [0.4, 0.5) is 4.39 Å². The number of halogens is 2. The molecule has 2 nitrogen and oxygen atoms in total. The first-order valence-corrected chi connectivity index (χ1v) is 5.19. The summed E-state index contributed by atoms with van der Waals surface area (Å²) in [7, 11) is 0. The number of nitrogens with one attached hydrogen (secondary N) is 1. The van der Waals surface area contributed by atoms with E-state index in [1.54, 1.807) is 12.1 Å². The van der Waals surface area contributed by atoms with E-state index in [0.717, 1.165) is 0 Å². The molecule has 2 rings (SSSR count). The third-order valence-electron chi connectivity index (χ3n) is 2.56. The Kier molecular flexibility index (Phi) is 4.30. The second kappa shape index (κ2) is 5.13. The molecule has 1 aromatic carbocycles. The van der Waals surface area contributed by atoms with Crippen LogP contribution in [0.5, 0.6) is 0 Å². The van der Waals surface area contributed by atoms with Gasteiger partial charge in [0.05, 0.1) is 6.61 Å². The summed E-state index contributed by atoms with van der Waals surface area (Å²) in [6.07, 6.45) is 0.507. The van der Waals surface area contributed by atoms with E-state index in [-0.39, 0.29) is 30.0 Å². The maximum Gasteiger partial charge on any atom is 0.126 e. The highest BCUT2D eigenvalue weighted by atomic mass is 35.5. The maximum atomic E-state index is 13.4. The molecule has 1 saturated heterocycles. The molecule has 4 heteroatoms. The second-order valence-electron chi connectivity index (χ2n) is 4.62. The SMILES string of the molecule is CC1(C)COC(Cc2ccccc2F)N1.Cl. The Labute approximate surface area is 102 Å². The molecule has 0 bridgehead atoms. The molecule has 0 spiro atoms. The van der Waals surface area contributed by atoms with E-state index in [4.69, 9.17) is 4.74 Å². The van der Waals surface area contributed by atoms with Crippen molar-refractivity contribution in [3.05, 3.63) is 35.6 Å². The van der Waals surface area contributed by atoms with Gasteiger partial charge in [0.15, 0.2) is 0 Å². The van der Waals surface area contributed by atoms with Gasteiger partial charge < -0.3 is 4.74 Å². The van der Waals surface area contributed by atoms with Gasteiger partial charge in [0.25, 0.3) is 0 Å². The summed E-state index contributed by atoms with van der Waals surface area (Å²) in [6, 6.07) is 6.82. The van der Waals surface area contributed by atoms with Crippen LogP contribution >= 0.6 is 12.4 Å². The predicted octanol–water partition coefficient (Wildman–Crippen LogP) is 2.51. The zero-order valence-electron chi connectivity index (χ0n) is 9.50. The normalized spacial score (nSPS) is 22.8. The molecule has 1 fully saturated rings. The van der Waals surface area contributed by atoms with Gasteiger partial charge in [0, 0.05) is 12.0 Å². The van der Waals surface area contributed by atoms with Crippen molar-refractivity contribution in [3.8, 4) is 0 Å². The standard InChI is InChI=1S/C12H16FNO.ClH/c1-12(2)8-15-11(14-12)7-9-5-3-4-6-10(9)13;/h3-6,11,14H,7-8H2,1-2H3;1H. The molecule has 16 heavy (non-hydrogen) atoms. The largest absolute Gasteiger partial charge is 0.361 e. The molecule has 1 heterocycles. The number of ether oxygens (including phenoxy) is 1. The minimum absolute atomic E-state index is 0. The molecule has 1 aliphatic heterocycles. The molecule has 1 atom stereocenters. The van der Waals surface area contributed by atoms with Crippen molar-refractivity contribution in [2.45, 2.75) is 32.0 Å². The average molecular weight is 246 g/mol. The van der Waals surface area contributed by atoms with Crippen molar-refractivity contribution in [2.24, 2.45) is 0 Å². The molecule has 90 valence electrons. The number of rotatable bonds is 2. The number of benzene rings is 1. The molecule has 1 unspecified atom stereocenters. The first-order chi connectivity index (χ1) is 7.07. The highest BCUT2D eigenvalue weighted by molar-refractivity contribution is 5.85. The number of hydrogen-bond acceptors (Lipinski definition) is 2. The van der Waals surface area contributed by atoms with Crippen LogP contribution in [0, 0.1) is 5.82 Å². The summed E-state index contributed by atoms with van der Waals surface area (Å²) in [5.74, 6) is -0.160. The van der Waals surface area contributed by atoms with Crippen molar-refractivity contribution in [3.63, 3.8) is 0 Å². The Morgan fingerprint density at radius 1 is 1.44 bits per heavy atom. The van der Waals surface area contributed by atoms with Crippen LogP contribution in [-0.2, 0) is 11.2 Å². The van der Waals surface area contributed by atoms with Gasteiger partial charge in [-0.25, -0.2) is 4.39 Å². The van der Waals surface area contributed by atoms with Crippen molar-refractivity contribution < 1.29 is 9.13 Å². The summed E-state index contributed by atoms with van der Waals surface area (Å²) < 4.78 is 18.9. The molecular weight excluding hydrogens is 229 g/mol. The second-order valence-corrected chi connectivity index (χ2v) is 4.62. The smallest absolute Gasteiger partial charge is 0.126 e. The van der Waals surface area contributed by atoms with Gasteiger partial charge in [0.2, 0.25) is 0 Å². The zero-order valence-corrected chi connectivity index (χ0v) is 10.3. The Morgan fingerprint density at radius 2 is 2.12 bits per heavy atom. The highest BCUT2D eigenvalue weighted by Crippen LogP contribution is 2.18. The molecule has 0 radical (unpaired) electrons. The van der Waals surface area contributed by atoms with Crippen molar-refractivity contribution in [1.82, 2.24) is 5.32 Å². The monoisotopic (exact) mass is 245 g/mol. The molecule has 1 aromatic rings. The van der Waals surface area contributed by atoms with E-state index in [9.17, 15) is 4.39 Å². The van der Waals surface area contributed by atoms with E-state index in [1.165, 1.54) is 6.07 Å². The van der Waals surface area contributed by atoms with E-state index in [0.29, 0.717) is 18.6 Å². The molecular formula is C12H17ClFNO. The molecule has 0 aromatic heterocycles. The molecule has 1 aliphatic rings. The van der Waals surface area contributed by atoms with E-state index < -0.39 is 0 Å². The van der Waals surface area contributed by atoms with Crippen LogP contribution in [0.3, 0.4) is 0 Å². The Balaban J connectivity index is 0.00000128. The van der Waals surface area contributed by atoms with Crippen LogP contribution in [0.15, 0.2) is 24.3 Å². The van der Waals surface area contributed by atoms with E-state index >= 15 is 0 Å². The van der Waals surface area contributed by atoms with Crippen LogP contribution in [0.2, 0.25) is 0 Å². The first-order valence-electron chi connectivity index (χ1n) is 5.19. The van der Waals surface area contributed by atoms with Crippen molar-refractivity contribution in [1.29, 1.82) is 0 Å². The van der Waals surface area contributed by atoms with Gasteiger partial charge in [-0.05, 0) is 25.5 Å². The van der Waals surface area contributed by atoms with E-state index in [1.807, 2.05) is 6.07 Å². The van der Waals surface area contributed by atoms with E-state index in [2.05, 4.69) is 19.2 Å². The maximum absolute atomic E-state index is 13.4. The summed E-state index contributed by atoms with van der Waals surface area (Å²) >= 11 is 0. The Bertz CT molecular complexity index is 357. The minimum Gasteiger partial charge on any atom is -0.361 e. The minimum atomic E-state index is -0.160. The summed E-state index contributed by atoms with van der Waals surface area (Å²) in [5, 5.41) is 3.32.